The standard InChI is InChI=1S/C18H19N5O/c24-18(21-11-14-5-3-4-8-19-14)13-9-16-17(20-10-13)23(12-22-16)15-6-1-2-7-15/h3-5,8-10,12,15H,1-2,6-7,11H2,(H,21,24). The number of fused-ring (bicyclic) bond motifs is 1. The van der Waals surface area contributed by atoms with Crippen LogP contribution in [0.5, 0.6) is 0 Å². The van der Waals surface area contributed by atoms with E-state index in [1.807, 2.05) is 30.6 Å². The molecular weight excluding hydrogens is 302 g/mol. The summed E-state index contributed by atoms with van der Waals surface area (Å²) in [6.45, 7) is 0.397. The predicted molar refractivity (Wildman–Crippen MR) is 90.4 cm³/mol. The minimum absolute atomic E-state index is 0.162. The minimum atomic E-state index is -0.162. The molecule has 1 aliphatic carbocycles. The maximum Gasteiger partial charge on any atom is 0.253 e. The number of pyridine rings is 2. The van der Waals surface area contributed by atoms with Crippen molar-refractivity contribution in [2.75, 3.05) is 0 Å². The summed E-state index contributed by atoms with van der Waals surface area (Å²) >= 11 is 0. The van der Waals surface area contributed by atoms with E-state index >= 15 is 0 Å². The maximum atomic E-state index is 12.3. The quantitative estimate of drug-likeness (QED) is 0.802. The molecule has 1 amide bonds. The summed E-state index contributed by atoms with van der Waals surface area (Å²) in [6.07, 6.45) is 10.1. The molecule has 24 heavy (non-hydrogen) atoms. The van der Waals surface area contributed by atoms with E-state index in [0.29, 0.717) is 18.2 Å². The molecule has 6 heteroatoms. The first kappa shape index (κ1) is 14.8. The number of hydrogen-bond acceptors (Lipinski definition) is 4. The summed E-state index contributed by atoms with van der Waals surface area (Å²) in [6, 6.07) is 7.93. The van der Waals surface area contributed by atoms with Gasteiger partial charge in [-0.1, -0.05) is 18.9 Å². The van der Waals surface area contributed by atoms with Gasteiger partial charge in [-0.05, 0) is 31.0 Å². The molecule has 0 saturated heterocycles. The Morgan fingerprint density at radius 2 is 2.08 bits per heavy atom. The van der Waals surface area contributed by atoms with Gasteiger partial charge in [0.2, 0.25) is 0 Å². The average molecular weight is 321 g/mol. The summed E-state index contributed by atoms with van der Waals surface area (Å²) in [5.74, 6) is -0.162. The third kappa shape index (κ3) is 2.87. The van der Waals surface area contributed by atoms with E-state index in [-0.39, 0.29) is 5.91 Å². The van der Waals surface area contributed by atoms with Crippen LogP contribution in [0, 0.1) is 0 Å². The second kappa shape index (κ2) is 6.39. The van der Waals surface area contributed by atoms with Gasteiger partial charge < -0.3 is 9.88 Å². The van der Waals surface area contributed by atoms with E-state index in [4.69, 9.17) is 0 Å². The van der Waals surface area contributed by atoms with Gasteiger partial charge in [0.1, 0.15) is 5.52 Å². The van der Waals surface area contributed by atoms with Crippen molar-refractivity contribution >= 4 is 17.1 Å². The van der Waals surface area contributed by atoms with Crippen molar-refractivity contribution in [3.8, 4) is 0 Å². The monoisotopic (exact) mass is 321 g/mol. The lowest BCUT2D eigenvalue weighted by Crippen LogP contribution is -2.23. The van der Waals surface area contributed by atoms with Gasteiger partial charge in [0.25, 0.3) is 5.91 Å². The number of carbonyl (C=O) groups excluding carboxylic acids is 1. The van der Waals surface area contributed by atoms with E-state index in [2.05, 4.69) is 24.8 Å². The van der Waals surface area contributed by atoms with E-state index < -0.39 is 0 Å². The predicted octanol–water partition coefficient (Wildman–Crippen LogP) is 2.87. The summed E-state index contributed by atoms with van der Waals surface area (Å²) in [5, 5.41) is 2.87. The van der Waals surface area contributed by atoms with Crippen LogP contribution in [0.15, 0.2) is 43.0 Å². The van der Waals surface area contributed by atoms with Gasteiger partial charge in [-0.3, -0.25) is 9.78 Å². The van der Waals surface area contributed by atoms with E-state index in [1.54, 1.807) is 12.4 Å². The summed E-state index contributed by atoms with van der Waals surface area (Å²) < 4.78 is 2.15. The molecular formula is C18H19N5O. The number of hydrogen-bond donors (Lipinski definition) is 1. The van der Waals surface area contributed by atoms with Gasteiger partial charge in [-0.25, -0.2) is 9.97 Å². The second-order valence-electron chi connectivity index (χ2n) is 6.16. The molecule has 3 aromatic rings. The Morgan fingerprint density at radius 3 is 2.88 bits per heavy atom. The van der Waals surface area contributed by atoms with Crippen molar-refractivity contribution in [3.63, 3.8) is 0 Å². The Labute approximate surface area is 140 Å². The summed E-state index contributed by atoms with van der Waals surface area (Å²) in [5.41, 5.74) is 2.98. The lowest BCUT2D eigenvalue weighted by Gasteiger charge is -2.11. The van der Waals surface area contributed by atoms with Crippen LogP contribution in [0.2, 0.25) is 0 Å². The molecule has 0 aliphatic heterocycles. The van der Waals surface area contributed by atoms with Gasteiger partial charge in [0, 0.05) is 18.4 Å². The molecule has 1 N–H and O–H groups in total. The first-order chi connectivity index (χ1) is 11.8. The van der Waals surface area contributed by atoms with Crippen LogP contribution in [-0.4, -0.2) is 25.4 Å². The molecule has 0 atom stereocenters. The summed E-state index contributed by atoms with van der Waals surface area (Å²) in [7, 11) is 0. The van der Waals surface area contributed by atoms with Crippen molar-refractivity contribution in [1.29, 1.82) is 0 Å². The number of rotatable bonds is 4. The van der Waals surface area contributed by atoms with Gasteiger partial charge >= 0.3 is 0 Å². The van der Waals surface area contributed by atoms with Crippen LogP contribution in [0.3, 0.4) is 0 Å². The van der Waals surface area contributed by atoms with Crippen LogP contribution in [0.25, 0.3) is 11.2 Å². The zero-order chi connectivity index (χ0) is 16.4. The third-order valence-corrected chi connectivity index (χ3v) is 4.55. The molecule has 1 fully saturated rings. The fourth-order valence-corrected chi connectivity index (χ4v) is 3.27. The normalized spacial score (nSPS) is 15.0. The van der Waals surface area contributed by atoms with Crippen LogP contribution >= 0.6 is 0 Å². The Balaban J connectivity index is 1.51. The number of nitrogens with zero attached hydrogens (tertiary/aromatic N) is 4. The van der Waals surface area contributed by atoms with Crippen molar-refractivity contribution in [2.45, 2.75) is 38.3 Å². The number of carbonyl (C=O) groups is 1. The molecule has 4 rings (SSSR count). The molecule has 1 saturated carbocycles. The van der Waals surface area contributed by atoms with Gasteiger partial charge in [0.15, 0.2) is 5.65 Å². The first-order valence-electron chi connectivity index (χ1n) is 8.32. The molecule has 0 aromatic carbocycles. The van der Waals surface area contributed by atoms with Crippen LogP contribution in [0.4, 0.5) is 0 Å². The molecule has 0 spiro atoms. The molecule has 0 bridgehead atoms. The van der Waals surface area contributed by atoms with Crippen molar-refractivity contribution < 1.29 is 4.79 Å². The van der Waals surface area contributed by atoms with Crippen LogP contribution in [0.1, 0.15) is 47.8 Å². The first-order valence-corrected chi connectivity index (χ1v) is 8.32. The van der Waals surface area contributed by atoms with E-state index in [9.17, 15) is 4.79 Å². The van der Waals surface area contributed by atoms with Crippen molar-refractivity contribution in [3.05, 3.63) is 54.2 Å². The highest BCUT2D eigenvalue weighted by Crippen LogP contribution is 2.31. The van der Waals surface area contributed by atoms with Crippen molar-refractivity contribution in [1.82, 2.24) is 24.8 Å². The third-order valence-electron chi connectivity index (χ3n) is 4.55. The minimum Gasteiger partial charge on any atom is -0.346 e. The molecule has 3 aromatic heterocycles. The number of imidazole rings is 1. The van der Waals surface area contributed by atoms with Crippen molar-refractivity contribution in [2.24, 2.45) is 0 Å². The highest BCUT2D eigenvalue weighted by Gasteiger charge is 2.20. The van der Waals surface area contributed by atoms with Gasteiger partial charge in [0.05, 0.1) is 24.1 Å². The molecule has 122 valence electrons. The van der Waals surface area contributed by atoms with Crippen LogP contribution < -0.4 is 5.32 Å². The lowest BCUT2D eigenvalue weighted by molar-refractivity contribution is 0.0950. The molecule has 1 aliphatic rings. The second-order valence-corrected chi connectivity index (χ2v) is 6.16. The van der Waals surface area contributed by atoms with Gasteiger partial charge in [-0.2, -0.15) is 0 Å². The highest BCUT2D eigenvalue weighted by molar-refractivity contribution is 5.96. The zero-order valence-corrected chi connectivity index (χ0v) is 13.4. The largest absolute Gasteiger partial charge is 0.346 e. The fraction of sp³-hybridized carbons (Fsp3) is 0.333. The number of amides is 1. The number of aromatic nitrogens is 4. The Bertz CT molecular complexity index is 852. The fourth-order valence-electron chi connectivity index (χ4n) is 3.27. The van der Waals surface area contributed by atoms with E-state index in [1.165, 1.54) is 25.7 Å². The Kier molecular flexibility index (Phi) is 3.94. The molecule has 0 unspecified atom stereocenters. The van der Waals surface area contributed by atoms with Crippen LogP contribution in [-0.2, 0) is 6.54 Å². The highest BCUT2D eigenvalue weighted by atomic mass is 16.1. The van der Waals surface area contributed by atoms with E-state index in [0.717, 1.165) is 16.9 Å². The Morgan fingerprint density at radius 1 is 1.21 bits per heavy atom. The SMILES string of the molecule is O=C(NCc1ccccn1)c1cnc2c(c1)ncn2C1CCCC1. The summed E-state index contributed by atoms with van der Waals surface area (Å²) in [4.78, 5) is 25.4. The zero-order valence-electron chi connectivity index (χ0n) is 13.4. The Hall–Kier alpha value is -2.76. The topological polar surface area (TPSA) is 72.7 Å². The smallest absolute Gasteiger partial charge is 0.253 e. The maximum absolute atomic E-state index is 12.3. The van der Waals surface area contributed by atoms with Gasteiger partial charge in [-0.15, -0.1) is 0 Å². The number of nitrogens with one attached hydrogen (secondary N) is 1. The molecule has 6 nitrogen and oxygen atoms in total. The lowest BCUT2D eigenvalue weighted by atomic mass is 10.2. The molecule has 0 radical (unpaired) electrons. The average Bonchev–Trinajstić information content (AvgIpc) is 3.29. The molecule has 3 heterocycles.